The lowest BCUT2D eigenvalue weighted by atomic mass is 9.32. The summed E-state index contributed by atoms with van der Waals surface area (Å²) < 4.78 is 6.44. The van der Waals surface area contributed by atoms with E-state index in [1.54, 1.807) is 26.0 Å². The first kappa shape index (κ1) is 26.0. The lowest BCUT2D eigenvalue weighted by molar-refractivity contribution is -0.212. The smallest absolute Gasteiger partial charge is 0.313 e. The van der Waals surface area contributed by atoms with Crippen LogP contribution in [0.15, 0.2) is 23.3 Å². The molecule has 0 aromatic carbocycles. The van der Waals surface area contributed by atoms with Crippen LogP contribution in [0.1, 0.15) is 93.4 Å². The molecular weight excluding hydrogens is 480 g/mol. The van der Waals surface area contributed by atoms with Gasteiger partial charge in [0, 0.05) is 16.7 Å². The molecule has 2 bridgehead atoms. The topological polar surface area (TPSA) is 116 Å². The maximum Gasteiger partial charge on any atom is 0.313 e. The maximum atomic E-state index is 14.6. The Balaban J connectivity index is 1.63. The zero-order chi connectivity index (χ0) is 27.9. The second-order valence-corrected chi connectivity index (χ2v) is 15.1. The van der Waals surface area contributed by atoms with Crippen molar-refractivity contribution in [1.82, 2.24) is 5.48 Å². The van der Waals surface area contributed by atoms with E-state index in [1.807, 2.05) is 6.92 Å². The molecule has 5 aliphatic carbocycles. The summed E-state index contributed by atoms with van der Waals surface area (Å²) >= 11 is 0. The van der Waals surface area contributed by atoms with Gasteiger partial charge < -0.3 is 9.94 Å². The summed E-state index contributed by atoms with van der Waals surface area (Å²) in [5.74, 6) is -0.886. The number of Topliss-reactive ketones (excluding diaryl/α,β-unsaturated/α-hetero) is 1. The van der Waals surface area contributed by atoms with Crippen LogP contribution in [-0.2, 0) is 19.1 Å². The molecule has 38 heavy (non-hydrogen) atoms. The third kappa shape index (κ3) is 2.32. The number of carbonyl (C=O) groups is 3. The fraction of sp³-hybridized carbons (Fsp3) is 0.742. The Kier molecular flexibility index (Phi) is 4.70. The normalized spacial score (nSPS) is 49.9. The molecule has 1 spiro atoms. The number of nitrogens with zero attached hydrogens (tertiary/aromatic N) is 1. The van der Waals surface area contributed by atoms with Gasteiger partial charge >= 0.3 is 5.97 Å². The number of esters is 1. The second-order valence-electron chi connectivity index (χ2n) is 15.1. The van der Waals surface area contributed by atoms with Gasteiger partial charge in [-0.05, 0) is 67.4 Å². The molecule has 4 fully saturated rings. The van der Waals surface area contributed by atoms with Gasteiger partial charge in [-0.25, -0.2) is 0 Å². The van der Waals surface area contributed by atoms with Crippen LogP contribution < -0.4 is 5.48 Å². The Morgan fingerprint density at radius 1 is 0.974 bits per heavy atom. The zero-order valence-electron chi connectivity index (χ0n) is 23.7. The third-order valence-corrected chi connectivity index (χ3v) is 13.2. The molecule has 6 rings (SSSR count). The first-order valence-corrected chi connectivity index (χ1v) is 14.1. The summed E-state index contributed by atoms with van der Waals surface area (Å²) in [5.41, 5.74) is -2.86. The number of hydrogen-bond acceptors (Lipinski definition) is 7. The van der Waals surface area contributed by atoms with E-state index in [1.165, 1.54) is 0 Å². The molecule has 1 heterocycles. The summed E-state index contributed by atoms with van der Waals surface area (Å²) in [6, 6.07) is 2.09. The lowest BCUT2D eigenvalue weighted by Gasteiger charge is -2.71. The monoisotopic (exact) mass is 520 g/mol. The highest BCUT2D eigenvalue weighted by molar-refractivity contribution is 6.07. The summed E-state index contributed by atoms with van der Waals surface area (Å²) in [4.78, 5) is 41.7. The van der Waals surface area contributed by atoms with E-state index in [4.69, 9.17) is 4.74 Å². The maximum absolute atomic E-state index is 14.6. The summed E-state index contributed by atoms with van der Waals surface area (Å²) in [5, 5.41) is 20.7. The molecule has 1 aliphatic heterocycles. The van der Waals surface area contributed by atoms with E-state index in [0.717, 1.165) is 24.8 Å². The number of ketones is 2. The van der Waals surface area contributed by atoms with Crippen LogP contribution in [0.25, 0.3) is 0 Å². The Morgan fingerprint density at radius 2 is 1.63 bits per heavy atom. The number of allylic oxidation sites excluding steroid dienone is 1. The molecule has 1 saturated heterocycles. The predicted molar refractivity (Wildman–Crippen MR) is 138 cm³/mol. The third-order valence-electron chi connectivity index (χ3n) is 13.2. The molecule has 7 heteroatoms. The van der Waals surface area contributed by atoms with Crippen LogP contribution in [0.4, 0.5) is 0 Å². The van der Waals surface area contributed by atoms with Gasteiger partial charge in [-0.1, -0.05) is 54.5 Å². The Hall–Kier alpha value is -2.30. The number of nitriles is 1. The first-order valence-electron chi connectivity index (χ1n) is 14.1. The highest BCUT2D eigenvalue weighted by Gasteiger charge is 2.83. The van der Waals surface area contributed by atoms with Gasteiger partial charge in [0.25, 0.3) is 0 Å². The molecule has 2 N–H and O–H groups in total. The molecule has 204 valence electrons. The van der Waals surface area contributed by atoms with E-state index < -0.39 is 38.2 Å². The average molecular weight is 521 g/mol. The average Bonchev–Trinajstić information content (AvgIpc) is 3.03. The van der Waals surface area contributed by atoms with Crippen molar-refractivity contribution >= 4 is 17.5 Å². The predicted octanol–water partition coefficient (Wildman–Crippen LogP) is 4.99. The quantitative estimate of drug-likeness (QED) is 0.370. The zero-order valence-corrected chi connectivity index (χ0v) is 23.7. The van der Waals surface area contributed by atoms with Crippen LogP contribution in [0.2, 0.25) is 0 Å². The van der Waals surface area contributed by atoms with Crippen molar-refractivity contribution < 1.29 is 24.3 Å². The number of hydroxylamine groups is 1. The standard InChI is InChI=1S/C31H40N2O5/c1-24(2)8-11-29-12-10-28(7)26(5)9-13-30(33-37)25(3,4)22(35)18(17-32)15-27(30,6)19(26)14-21(34)31(28,20(29)16-24)38-23(29)36/h14-15,20,33,37H,8-13,16H2,1-7H3/t20?,26-,27-,28+,29+,30-,31-/m1/s1. The molecule has 0 radical (unpaired) electrons. The van der Waals surface area contributed by atoms with Crippen molar-refractivity contribution in [2.75, 3.05) is 0 Å². The van der Waals surface area contributed by atoms with Gasteiger partial charge in [-0.2, -0.15) is 10.7 Å². The minimum atomic E-state index is -1.23. The van der Waals surface area contributed by atoms with E-state index in [0.29, 0.717) is 25.7 Å². The van der Waals surface area contributed by atoms with Crippen LogP contribution in [0, 0.1) is 49.7 Å². The van der Waals surface area contributed by atoms with Gasteiger partial charge in [-0.3, -0.25) is 14.4 Å². The summed E-state index contributed by atoms with van der Waals surface area (Å²) in [6.07, 6.45) is 8.25. The fourth-order valence-corrected chi connectivity index (χ4v) is 10.6. The molecule has 0 amide bonds. The fourth-order valence-electron chi connectivity index (χ4n) is 10.6. The molecule has 1 unspecified atom stereocenters. The van der Waals surface area contributed by atoms with E-state index in [9.17, 15) is 24.9 Å². The van der Waals surface area contributed by atoms with Crippen molar-refractivity contribution in [3.63, 3.8) is 0 Å². The van der Waals surface area contributed by atoms with Gasteiger partial charge in [-0.15, -0.1) is 0 Å². The minimum absolute atomic E-state index is 0.00523. The lowest BCUT2D eigenvalue weighted by Crippen LogP contribution is -2.76. The highest BCUT2D eigenvalue weighted by atomic mass is 16.6. The molecule has 7 nitrogen and oxygen atoms in total. The van der Waals surface area contributed by atoms with Crippen LogP contribution in [-0.4, -0.2) is 33.9 Å². The molecule has 6 aliphatic rings. The van der Waals surface area contributed by atoms with E-state index >= 15 is 0 Å². The number of rotatable bonds is 1. The van der Waals surface area contributed by atoms with Crippen LogP contribution in [0.3, 0.4) is 0 Å². The minimum Gasteiger partial charge on any atom is -0.449 e. The van der Waals surface area contributed by atoms with Crippen LogP contribution >= 0.6 is 0 Å². The van der Waals surface area contributed by atoms with Gasteiger partial charge in [0.15, 0.2) is 17.2 Å². The molecule has 3 saturated carbocycles. The van der Waals surface area contributed by atoms with Crippen molar-refractivity contribution in [2.45, 2.75) is 105 Å². The van der Waals surface area contributed by atoms with Crippen molar-refractivity contribution in [1.29, 1.82) is 5.26 Å². The Bertz CT molecular complexity index is 1320. The van der Waals surface area contributed by atoms with Crippen LogP contribution in [0.5, 0.6) is 0 Å². The first-order chi connectivity index (χ1) is 17.5. The molecule has 7 atom stereocenters. The number of carbonyl (C=O) groups excluding carboxylic acids is 3. The largest absolute Gasteiger partial charge is 0.449 e. The van der Waals surface area contributed by atoms with Gasteiger partial charge in [0.05, 0.1) is 21.9 Å². The van der Waals surface area contributed by atoms with Crippen molar-refractivity contribution in [3.8, 4) is 6.07 Å². The number of ether oxygens (including phenoxy) is 1. The Labute approximate surface area is 225 Å². The Morgan fingerprint density at radius 3 is 2.26 bits per heavy atom. The van der Waals surface area contributed by atoms with Crippen molar-refractivity contribution in [3.05, 3.63) is 23.3 Å². The second kappa shape index (κ2) is 6.88. The molecular formula is C31H40N2O5. The molecule has 0 aromatic rings. The SMILES string of the molecule is CC1(C)CC[C@@]23CC[C@@]4(C)[C@]5(C)CC[C@@]6(NO)C(C)(C)C(=O)C(C#N)=C[C@]6(C)C5=CC(=O)[C@]4(OC2=O)C3C1. The summed E-state index contributed by atoms with van der Waals surface area (Å²) in [6.45, 7) is 14.2. The van der Waals surface area contributed by atoms with Gasteiger partial charge in [0.2, 0.25) is 0 Å². The summed E-state index contributed by atoms with van der Waals surface area (Å²) in [7, 11) is 0. The highest BCUT2D eigenvalue weighted by Crippen LogP contribution is 2.79. The number of fused-ring (bicyclic) bond motifs is 4. The van der Waals surface area contributed by atoms with Crippen molar-refractivity contribution in [2.24, 2.45) is 38.4 Å². The number of hydrogen-bond donors (Lipinski definition) is 2. The van der Waals surface area contributed by atoms with E-state index in [2.05, 4.69) is 39.2 Å². The number of nitrogens with one attached hydrogen (secondary N) is 1. The van der Waals surface area contributed by atoms with Gasteiger partial charge in [0.1, 0.15) is 6.07 Å². The molecule has 0 aromatic heterocycles. The van der Waals surface area contributed by atoms with E-state index in [-0.39, 0.29) is 34.4 Å².